The lowest BCUT2D eigenvalue weighted by molar-refractivity contribution is -0.142. The Morgan fingerprint density at radius 1 is 0.975 bits per heavy atom. The average Bonchev–Trinajstić information content (AvgIpc) is 3.36. The van der Waals surface area contributed by atoms with Crippen LogP contribution in [0.4, 0.5) is 37.8 Å². The van der Waals surface area contributed by atoms with Crippen LogP contribution in [0.5, 0.6) is 0 Å². The van der Waals surface area contributed by atoms with Crippen LogP contribution < -0.4 is 5.32 Å². The molecule has 4 heterocycles. The van der Waals surface area contributed by atoms with E-state index in [-0.39, 0.29) is 40.6 Å². The van der Waals surface area contributed by atoms with Crippen LogP contribution in [0.25, 0.3) is 22.4 Å². The number of hydrogen-bond acceptors (Lipinski definition) is 7. The van der Waals surface area contributed by atoms with Gasteiger partial charge in [-0.1, -0.05) is 0 Å². The van der Waals surface area contributed by atoms with Gasteiger partial charge in [-0.05, 0) is 67.9 Å². The maximum absolute atomic E-state index is 13.6. The number of alkyl halides is 6. The van der Waals surface area contributed by atoms with E-state index >= 15 is 0 Å². The van der Waals surface area contributed by atoms with Gasteiger partial charge in [0.25, 0.3) is 0 Å². The Bertz CT molecular complexity index is 1560. The number of halogens is 6. The Balaban J connectivity index is 1.59. The molecule has 0 spiro atoms. The molecular weight excluding hydrogens is 542 g/mol. The van der Waals surface area contributed by atoms with E-state index in [1.54, 1.807) is 4.90 Å². The molecule has 1 unspecified atom stereocenters. The van der Waals surface area contributed by atoms with Gasteiger partial charge in [-0.2, -0.15) is 26.3 Å². The number of benzene rings is 1. The lowest BCUT2D eigenvalue weighted by Crippen LogP contribution is -2.35. The van der Waals surface area contributed by atoms with Crippen LogP contribution >= 0.6 is 0 Å². The highest BCUT2D eigenvalue weighted by molar-refractivity contribution is 5.90. The van der Waals surface area contributed by atoms with Gasteiger partial charge in [-0.3, -0.25) is 14.7 Å². The summed E-state index contributed by atoms with van der Waals surface area (Å²) >= 11 is 0. The molecule has 40 heavy (non-hydrogen) atoms. The molecule has 2 N–H and O–H groups in total. The number of carbonyl (C=O) groups is 1. The van der Waals surface area contributed by atoms with E-state index in [4.69, 9.17) is 0 Å². The van der Waals surface area contributed by atoms with Crippen molar-refractivity contribution in [2.75, 3.05) is 11.9 Å². The molecule has 3 aromatic heterocycles. The fourth-order valence-electron chi connectivity index (χ4n) is 4.55. The van der Waals surface area contributed by atoms with E-state index in [0.717, 1.165) is 24.3 Å². The molecule has 0 aliphatic carbocycles. The number of fused-ring (bicyclic) bond motifs is 1. The van der Waals surface area contributed by atoms with Crippen LogP contribution in [0, 0.1) is 0 Å². The second-order valence-electron chi connectivity index (χ2n) is 9.12. The number of nitrogens with zero attached hydrogens (tertiary/aromatic N) is 5. The second kappa shape index (κ2) is 10.3. The Labute approximate surface area is 222 Å². The van der Waals surface area contributed by atoms with E-state index in [0.29, 0.717) is 19.4 Å². The number of hydrogen-bond donors (Lipinski definition) is 2. The van der Waals surface area contributed by atoms with E-state index < -0.39 is 41.2 Å². The Kier molecular flexibility index (Phi) is 7.04. The summed E-state index contributed by atoms with van der Waals surface area (Å²) in [5.41, 5.74) is -2.07. The molecule has 14 heteroatoms. The predicted molar refractivity (Wildman–Crippen MR) is 131 cm³/mol. The second-order valence-corrected chi connectivity index (χ2v) is 9.12. The van der Waals surface area contributed by atoms with Gasteiger partial charge in [0.2, 0.25) is 0 Å². The smallest absolute Gasteiger partial charge is 0.418 e. The van der Waals surface area contributed by atoms with Gasteiger partial charge in [-0.25, -0.2) is 15.0 Å². The standard InChI is InChI=1S/C26H20F6N6O2/c27-25(28,29)14-5-7-15(8-6-14)34-22-16-9-10-18(21-17(26(30,31)32)3-1-11-33-21)35-23(16)37-20(36-22)13-38-12-2-4-19(38)24(39)40/h1,3,5-11,19H,2,4,12-13H2,(H,39,40)(H,34,35,36,37). The number of aromatic nitrogens is 4. The van der Waals surface area contributed by atoms with E-state index in [2.05, 4.69) is 25.3 Å². The van der Waals surface area contributed by atoms with Crippen molar-refractivity contribution in [2.45, 2.75) is 37.8 Å². The molecule has 1 saturated heterocycles. The summed E-state index contributed by atoms with van der Waals surface area (Å²) in [5, 5.41) is 12.7. The minimum Gasteiger partial charge on any atom is -0.480 e. The van der Waals surface area contributed by atoms with E-state index in [9.17, 15) is 36.2 Å². The minimum atomic E-state index is -4.69. The molecule has 1 aliphatic rings. The zero-order valence-electron chi connectivity index (χ0n) is 20.5. The van der Waals surface area contributed by atoms with E-state index in [1.807, 2.05) is 0 Å². The number of pyridine rings is 2. The normalized spacial score (nSPS) is 16.4. The van der Waals surface area contributed by atoms with Gasteiger partial charge in [0.1, 0.15) is 23.4 Å². The maximum Gasteiger partial charge on any atom is 0.418 e. The first-order chi connectivity index (χ1) is 18.9. The molecule has 1 fully saturated rings. The molecular formula is C26H20F6N6O2. The number of aliphatic carboxylic acids is 1. The van der Waals surface area contributed by atoms with Gasteiger partial charge >= 0.3 is 18.3 Å². The summed E-state index contributed by atoms with van der Waals surface area (Å²) in [6.45, 7) is 0.480. The first-order valence-electron chi connectivity index (χ1n) is 12.0. The first-order valence-corrected chi connectivity index (χ1v) is 12.0. The topological polar surface area (TPSA) is 104 Å². The summed E-state index contributed by atoms with van der Waals surface area (Å²) < 4.78 is 79.9. The fraction of sp³-hybridized carbons (Fsp3) is 0.269. The van der Waals surface area contributed by atoms with Crippen LogP contribution in [0.2, 0.25) is 0 Å². The number of carboxylic acids is 1. The molecule has 5 rings (SSSR count). The van der Waals surface area contributed by atoms with Crippen molar-refractivity contribution in [1.82, 2.24) is 24.8 Å². The van der Waals surface area contributed by atoms with Crippen LogP contribution in [-0.4, -0.2) is 48.5 Å². The monoisotopic (exact) mass is 562 g/mol. The molecule has 0 radical (unpaired) electrons. The molecule has 1 aliphatic heterocycles. The third-order valence-electron chi connectivity index (χ3n) is 6.43. The van der Waals surface area contributed by atoms with Crippen LogP contribution in [0.3, 0.4) is 0 Å². The zero-order valence-corrected chi connectivity index (χ0v) is 20.5. The molecule has 8 nitrogen and oxygen atoms in total. The van der Waals surface area contributed by atoms with Crippen LogP contribution in [-0.2, 0) is 23.7 Å². The largest absolute Gasteiger partial charge is 0.480 e. The van der Waals surface area contributed by atoms with E-state index in [1.165, 1.54) is 30.5 Å². The molecule has 0 bridgehead atoms. The quantitative estimate of drug-likeness (QED) is 0.279. The van der Waals surface area contributed by atoms with Crippen molar-refractivity contribution in [2.24, 2.45) is 0 Å². The highest BCUT2D eigenvalue weighted by Crippen LogP contribution is 2.36. The number of likely N-dealkylation sites (tertiary alicyclic amines) is 1. The highest BCUT2D eigenvalue weighted by Gasteiger charge is 2.35. The van der Waals surface area contributed by atoms with Crippen molar-refractivity contribution < 1.29 is 36.2 Å². The molecule has 208 valence electrons. The van der Waals surface area contributed by atoms with Gasteiger partial charge < -0.3 is 10.4 Å². The summed E-state index contributed by atoms with van der Waals surface area (Å²) in [7, 11) is 0. The third-order valence-corrected chi connectivity index (χ3v) is 6.43. The predicted octanol–water partition coefficient (Wildman–Crippen LogP) is 5.92. The number of rotatable bonds is 6. The minimum absolute atomic E-state index is 0.00163. The third kappa shape index (κ3) is 5.66. The lowest BCUT2D eigenvalue weighted by atomic mass is 10.1. The van der Waals surface area contributed by atoms with Crippen molar-refractivity contribution in [1.29, 1.82) is 0 Å². The summed E-state index contributed by atoms with van der Waals surface area (Å²) in [4.78, 5) is 30.4. The van der Waals surface area contributed by atoms with Crippen molar-refractivity contribution >= 4 is 28.5 Å². The SMILES string of the molecule is O=C(O)C1CCCN1Cc1nc(Nc2ccc(C(F)(F)F)cc2)c2ccc(-c3ncccc3C(F)(F)F)nc2n1. The molecule has 0 amide bonds. The van der Waals surface area contributed by atoms with Crippen molar-refractivity contribution in [3.8, 4) is 11.4 Å². The first kappa shape index (κ1) is 27.2. The lowest BCUT2D eigenvalue weighted by Gasteiger charge is -2.20. The summed E-state index contributed by atoms with van der Waals surface area (Å²) in [6, 6.07) is 8.26. The van der Waals surface area contributed by atoms with Gasteiger partial charge in [-0.15, -0.1) is 0 Å². The van der Waals surface area contributed by atoms with Crippen LogP contribution in [0.15, 0.2) is 54.7 Å². The molecule has 4 aromatic rings. The maximum atomic E-state index is 13.6. The van der Waals surface area contributed by atoms with Gasteiger partial charge in [0.05, 0.1) is 28.8 Å². The van der Waals surface area contributed by atoms with Gasteiger partial charge in [0, 0.05) is 11.9 Å². The van der Waals surface area contributed by atoms with Gasteiger partial charge in [0.15, 0.2) is 5.65 Å². The number of anilines is 2. The average molecular weight is 562 g/mol. The molecule has 1 atom stereocenters. The molecule has 1 aromatic carbocycles. The zero-order chi connectivity index (χ0) is 28.7. The number of nitrogens with one attached hydrogen (secondary N) is 1. The Morgan fingerprint density at radius 2 is 1.73 bits per heavy atom. The fourth-order valence-corrected chi connectivity index (χ4v) is 4.55. The Hall–Kier alpha value is -4.33. The summed E-state index contributed by atoms with van der Waals surface area (Å²) in [6.07, 6.45) is -6.93. The van der Waals surface area contributed by atoms with Crippen LogP contribution in [0.1, 0.15) is 29.8 Å². The number of carboxylic acid groups (broad SMARTS) is 1. The summed E-state index contributed by atoms with van der Waals surface area (Å²) in [5.74, 6) is -0.727. The van der Waals surface area contributed by atoms with Crippen molar-refractivity contribution in [3.05, 3.63) is 71.7 Å². The highest BCUT2D eigenvalue weighted by atomic mass is 19.4. The molecule has 0 saturated carbocycles. The Morgan fingerprint density at radius 3 is 2.40 bits per heavy atom. The van der Waals surface area contributed by atoms with Crippen molar-refractivity contribution in [3.63, 3.8) is 0 Å².